The Balaban J connectivity index is 1.49. The van der Waals surface area contributed by atoms with Crippen LogP contribution >= 0.6 is 0 Å². The Morgan fingerprint density at radius 1 is 0.440 bits per heavy atom. The average Bonchev–Trinajstić information content (AvgIpc) is 3.13. The van der Waals surface area contributed by atoms with Crippen LogP contribution in [0.15, 0.2) is 97.1 Å². The molecule has 4 aromatic rings. The lowest BCUT2D eigenvalue weighted by atomic mass is 9.97. The third-order valence-corrected chi connectivity index (χ3v) is 7.06. The van der Waals surface area contributed by atoms with Gasteiger partial charge >= 0.3 is 24.2 Å². The van der Waals surface area contributed by atoms with Crippen molar-refractivity contribution in [2.24, 2.45) is 0 Å². The first-order valence-corrected chi connectivity index (χ1v) is 15.8. The summed E-state index contributed by atoms with van der Waals surface area (Å²) in [5.74, 6) is -3.93. The Kier molecular flexibility index (Phi) is 13.4. The van der Waals surface area contributed by atoms with E-state index >= 15 is 0 Å². The highest BCUT2D eigenvalue weighted by molar-refractivity contribution is 6.17. The maximum Gasteiger partial charge on any atom is 0.513 e. The summed E-state index contributed by atoms with van der Waals surface area (Å²) in [5.41, 5.74) is -0.862. The van der Waals surface area contributed by atoms with Crippen LogP contribution in [0, 0.1) is 0 Å². The van der Waals surface area contributed by atoms with Gasteiger partial charge in [0, 0.05) is 11.1 Å². The maximum atomic E-state index is 13.6. The van der Waals surface area contributed by atoms with E-state index in [1.54, 1.807) is 24.3 Å². The van der Waals surface area contributed by atoms with Crippen LogP contribution in [0.4, 0.5) is 9.59 Å². The average molecular weight is 683 g/mol. The van der Waals surface area contributed by atoms with E-state index in [1.165, 1.54) is 72.8 Å². The fraction of sp³-hybridized carbons (Fsp3) is 0.211. The van der Waals surface area contributed by atoms with Gasteiger partial charge in [-0.05, 0) is 49.2 Å². The number of hydrogen-bond acceptors (Lipinski definition) is 12. The standard InChI is InChI=1S/C38H34O12/c1-3-5-23-45-37(43)47-31-21-13-11-19-29(31)33(39)25-15-7-9-17-27(25)35(41)49-50-36(42)28-18-10-8-16-26(28)34(40)30-20-12-14-22-32(30)48-38(44)46-24-6-4-2/h7-22H,3-6,23-24H2,1-2H3. The first-order valence-electron chi connectivity index (χ1n) is 15.8. The summed E-state index contributed by atoms with van der Waals surface area (Å²) in [5, 5.41) is 0. The highest BCUT2D eigenvalue weighted by Gasteiger charge is 2.27. The number of benzene rings is 4. The highest BCUT2D eigenvalue weighted by Crippen LogP contribution is 2.26. The normalized spacial score (nSPS) is 10.4. The van der Waals surface area contributed by atoms with Crippen LogP contribution in [0.3, 0.4) is 0 Å². The summed E-state index contributed by atoms with van der Waals surface area (Å²) >= 11 is 0. The molecule has 0 radical (unpaired) electrons. The van der Waals surface area contributed by atoms with Gasteiger partial charge in [0.2, 0.25) is 0 Å². The summed E-state index contributed by atoms with van der Waals surface area (Å²) in [6.45, 7) is 4.16. The minimum atomic E-state index is -1.19. The molecule has 12 nitrogen and oxygen atoms in total. The van der Waals surface area contributed by atoms with Crippen LogP contribution in [-0.4, -0.2) is 49.0 Å². The van der Waals surface area contributed by atoms with Gasteiger partial charge < -0.3 is 18.9 Å². The van der Waals surface area contributed by atoms with E-state index in [1.807, 2.05) is 13.8 Å². The number of ketones is 2. The third kappa shape index (κ3) is 9.63. The molecule has 0 bridgehead atoms. The van der Waals surface area contributed by atoms with Crippen molar-refractivity contribution in [3.63, 3.8) is 0 Å². The fourth-order valence-corrected chi connectivity index (χ4v) is 4.50. The summed E-state index contributed by atoms with van der Waals surface area (Å²) in [6, 6.07) is 23.1. The van der Waals surface area contributed by atoms with Gasteiger partial charge in [-0.2, -0.15) is 0 Å². The molecule has 12 heteroatoms. The van der Waals surface area contributed by atoms with E-state index in [9.17, 15) is 28.8 Å². The molecule has 0 N–H and O–H groups in total. The molecule has 0 unspecified atom stereocenters. The van der Waals surface area contributed by atoms with Crippen molar-refractivity contribution < 1.29 is 57.5 Å². The molecule has 0 heterocycles. The zero-order valence-corrected chi connectivity index (χ0v) is 27.4. The summed E-state index contributed by atoms with van der Waals surface area (Å²) < 4.78 is 20.5. The van der Waals surface area contributed by atoms with Gasteiger partial charge in [-0.3, -0.25) is 9.59 Å². The largest absolute Gasteiger partial charge is 0.513 e. The van der Waals surface area contributed by atoms with Gasteiger partial charge in [-0.25, -0.2) is 29.0 Å². The summed E-state index contributed by atoms with van der Waals surface area (Å²) in [4.78, 5) is 87.5. The maximum absolute atomic E-state index is 13.6. The molecule has 0 saturated heterocycles. The van der Waals surface area contributed by atoms with Crippen LogP contribution in [0.5, 0.6) is 11.5 Å². The number of carbonyl (C=O) groups excluding carboxylic acids is 6. The topological polar surface area (TPSA) is 158 Å². The fourth-order valence-electron chi connectivity index (χ4n) is 4.50. The molecular weight excluding hydrogens is 648 g/mol. The minimum Gasteiger partial charge on any atom is -0.434 e. The van der Waals surface area contributed by atoms with Crippen LogP contribution < -0.4 is 9.47 Å². The predicted molar refractivity (Wildman–Crippen MR) is 177 cm³/mol. The van der Waals surface area contributed by atoms with Crippen molar-refractivity contribution in [2.75, 3.05) is 13.2 Å². The number of para-hydroxylation sites is 2. The number of hydrogen-bond donors (Lipinski definition) is 0. The van der Waals surface area contributed by atoms with Crippen LogP contribution in [0.2, 0.25) is 0 Å². The van der Waals surface area contributed by atoms with Crippen LogP contribution in [0.25, 0.3) is 0 Å². The SMILES string of the molecule is CCCCOC(=O)Oc1ccccc1C(=O)c1ccccc1C(=O)OOC(=O)c1ccccc1C(=O)c1ccccc1OC(=O)OCCCC. The molecule has 4 aromatic carbocycles. The van der Waals surface area contributed by atoms with Gasteiger partial charge in [-0.1, -0.05) is 87.4 Å². The van der Waals surface area contributed by atoms with E-state index in [0.717, 1.165) is 12.8 Å². The van der Waals surface area contributed by atoms with E-state index in [0.29, 0.717) is 12.8 Å². The molecule has 0 fully saturated rings. The number of ether oxygens (including phenoxy) is 4. The Labute approximate surface area is 287 Å². The van der Waals surface area contributed by atoms with E-state index in [-0.39, 0.29) is 58.1 Å². The molecule has 258 valence electrons. The second kappa shape index (κ2) is 18.3. The molecule has 0 spiro atoms. The van der Waals surface area contributed by atoms with Crippen molar-refractivity contribution in [1.82, 2.24) is 0 Å². The first kappa shape index (κ1) is 36.5. The van der Waals surface area contributed by atoms with Gasteiger partial charge in [0.25, 0.3) is 0 Å². The molecule has 0 atom stereocenters. The zero-order valence-electron chi connectivity index (χ0n) is 27.4. The lowest BCUT2D eigenvalue weighted by molar-refractivity contribution is -0.187. The molecule has 0 aliphatic heterocycles. The van der Waals surface area contributed by atoms with Gasteiger partial charge in [0.05, 0.1) is 35.5 Å². The van der Waals surface area contributed by atoms with Gasteiger partial charge in [0.1, 0.15) is 11.5 Å². The Morgan fingerprint density at radius 2 is 0.760 bits per heavy atom. The van der Waals surface area contributed by atoms with Gasteiger partial charge in [-0.15, -0.1) is 0 Å². The first-order chi connectivity index (χ1) is 24.2. The van der Waals surface area contributed by atoms with E-state index in [4.69, 9.17) is 28.7 Å². The van der Waals surface area contributed by atoms with Gasteiger partial charge in [0.15, 0.2) is 11.6 Å². The molecule has 0 saturated carbocycles. The number of rotatable bonds is 14. The molecule has 0 aliphatic carbocycles. The van der Waals surface area contributed by atoms with E-state index < -0.39 is 35.8 Å². The quantitative estimate of drug-likeness (QED) is 0.0319. The minimum absolute atomic E-state index is 0.0388. The molecule has 0 aliphatic rings. The number of unbranched alkanes of at least 4 members (excludes halogenated alkanes) is 2. The third-order valence-electron chi connectivity index (χ3n) is 7.06. The Hall–Kier alpha value is -6.30. The Morgan fingerprint density at radius 3 is 1.12 bits per heavy atom. The lowest BCUT2D eigenvalue weighted by Gasteiger charge is -2.12. The predicted octanol–water partition coefficient (Wildman–Crippen LogP) is 7.71. The van der Waals surface area contributed by atoms with Crippen molar-refractivity contribution >= 4 is 35.8 Å². The molecular formula is C38H34O12. The molecule has 4 rings (SSSR count). The highest BCUT2D eigenvalue weighted by atomic mass is 17.2. The molecule has 50 heavy (non-hydrogen) atoms. The van der Waals surface area contributed by atoms with Crippen molar-refractivity contribution in [1.29, 1.82) is 0 Å². The number of carbonyl (C=O) groups is 6. The van der Waals surface area contributed by atoms with E-state index in [2.05, 4.69) is 0 Å². The van der Waals surface area contributed by atoms with Crippen LogP contribution in [-0.2, 0) is 19.2 Å². The summed E-state index contributed by atoms with van der Waals surface area (Å²) in [6.07, 6.45) is 0.904. The molecule has 0 aromatic heterocycles. The van der Waals surface area contributed by atoms with Crippen molar-refractivity contribution in [2.45, 2.75) is 39.5 Å². The van der Waals surface area contributed by atoms with Crippen molar-refractivity contribution in [3.8, 4) is 11.5 Å². The Bertz CT molecular complexity index is 1730. The summed E-state index contributed by atoms with van der Waals surface area (Å²) in [7, 11) is 0. The molecule has 0 amide bonds. The second-order valence-electron chi connectivity index (χ2n) is 10.6. The zero-order chi connectivity index (χ0) is 35.9. The monoisotopic (exact) mass is 682 g/mol. The second-order valence-corrected chi connectivity index (χ2v) is 10.6. The smallest absolute Gasteiger partial charge is 0.434 e. The van der Waals surface area contributed by atoms with Crippen LogP contribution in [0.1, 0.15) is 92.1 Å². The lowest BCUT2D eigenvalue weighted by Crippen LogP contribution is -2.18. The van der Waals surface area contributed by atoms with Crippen molar-refractivity contribution in [3.05, 3.63) is 130 Å².